The Morgan fingerprint density at radius 3 is 2.38 bits per heavy atom. The number of nitrogens with one attached hydrogen (secondary N) is 2. The lowest BCUT2D eigenvalue weighted by Gasteiger charge is -2.63. The SMILES string of the molecule is CC1(C)C(NC(=O)c2ccc(N3CCN(CCCCCCOc4cnn([C@@H]5CCC(=O)NC5=O)c(=O)c4)CC3)nc2)C(C)(C)C1Oc1ccc(C#N)c(Cl)c1. The summed E-state index contributed by atoms with van der Waals surface area (Å²) in [6.45, 7) is 13.4. The topological polar surface area (TPSA) is 172 Å². The van der Waals surface area contributed by atoms with Crippen molar-refractivity contribution in [3.63, 3.8) is 0 Å². The highest BCUT2D eigenvalue weighted by Gasteiger charge is 2.64. The third-order valence-corrected chi connectivity index (χ3v) is 11.4. The Hall–Kier alpha value is -5.00. The van der Waals surface area contributed by atoms with Gasteiger partial charge in [-0.1, -0.05) is 52.1 Å². The number of halogens is 1. The van der Waals surface area contributed by atoms with Gasteiger partial charge in [-0.25, -0.2) is 9.67 Å². The molecule has 1 saturated carbocycles. The molecule has 0 radical (unpaired) electrons. The first kappa shape index (κ1) is 39.7. The van der Waals surface area contributed by atoms with Gasteiger partial charge in [0.25, 0.3) is 17.4 Å². The number of benzene rings is 1. The molecule has 0 unspecified atom stereocenters. The number of ether oxygens (including phenoxy) is 2. The molecule has 0 bridgehead atoms. The first-order chi connectivity index (χ1) is 26.3. The third kappa shape index (κ3) is 8.95. The van der Waals surface area contributed by atoms with E-state index >= 15 is 0 Å². The number of anilines is 1. The molecule has 3 amide bonds. The minimum Gasteiger partial charge on any atom is -0.492 e. The van der Waals surface area contributed by atoms with Crippen LogP contribution in [0.4, 0.5) is 5.82 Å². The monoisotopic (exact) mass is 772 g/mol. The molecule has 1 aliphatic carbocycles. The van der Waals surface area contributed by atoms with Crippen molar-refractivity contribution in [3.8, 4) is 17.6 Å². The maximum absolute atomic E-state index is 13.4. The number of pyridine rings is 1. The molecule has 6 rings (SSSR count). The molecule has 14 nitrogen and oxygen atoms in total. The molecule has 2 aromatic heterocycles. The zero-order valence-corrected chi connectivity index (χ0v) is 32.6. The van der Waals surface area contributed by atoms with Gasteiger partial charge in [0.15, 0.2) is 0 Å². The fraction of sp³-hybridized carbons (Fsp3) is 0.525. The number of carbonyl (C=O) groups is 3. The quantitative estimate of drug-likeness (QED) is 0.175. The van der Waals surface area contributed by atoms with Crippen LogP contribution in [-0.2, 0) is 9.59 Å². The van der Waals surface area contributed by atoms with E-state index in [1.54, 1.807) is 24.4 Å². The molecular formula is C40H49ClN8O6. The lowest BCUT2D eigenvalue weighted by molar-refractivity contribution is -0.164. The maximum atomic E-state index is 13.4. The number of unbranched alkanes of at least 4 members (excludes halogenated alkanes) is 3. The lowest BCUT2D eigenvalue weighted by Crippen LogP contribution is -2.74. The highest BCUT2D eigenvalue weighted by atomic mass is 35.5. The predicted molar refractivity (Wildman–Crippen MR) is 206 cm³/mol. The highest BCUT2D eigenvalue weighted by Crippen LogP contribution is 2.55. The van der Waals surface area contributed by atoms with Crippen molar-refractivity contribution >= 4 is 35.1 Å². The summed E-state index contributed by atoms with van der Waals surface area (Å²) in [5, 5.41) is 19.1. The largest absolute Gasteiger partial charge is 0.492 e. The number of amides is 3. The van der Waals surface area contributed by atoms with E-state index in [2.05, 4.69) is 64.3 Å². The molecular weight excluding hydrogens is 724 g/mol. The zero-order valence-electron chi connectivity index (χ0n) is 31.8. The summed E-state index contributed by atoms with van der Waals surface area (Å²) in [6.07, 6.45) is 7.33. The van der Waals surface area contributed by atoms with Gasteiger partial charge >= 0.3 is 0 Å². The molecule has 2 N–H and O–H groups in total. The Labute approximate surface area is 326 Å². The molecule has 292 valence electrons. The number of piperidine rings is 1. The van der Waals surface area contributed by atoms with E-state index in [0.717, 1.165) is 68.9 Å². The molecule has 3 fully saturated rings. The van der Waals surface area contributed by atoms with Crippen LogP contribution < -0.4 is 30.6 Å². The zero-order chi connectivity index (χ0) is 39.3. The number of nitriles is 1. The van der Waals surface area contributed by atoms with E-state index in [-0.39, 0.29) is 47.6 Å². The van der Waals surface area contributed by atoms with Crippen LogP contribution in [0.3, 0.4) is 0 Å². The van der Waals surface area contributed by atoms with Gasteiger partial charge in [-0.15, -0.1) is 0 Å². The van der Waals surface area contributed by atoms with Crippen LogP contribution in [0.1, 0.15) is 88.2 Å². The van der Waals surface area contributed by atoms with E-state index in [9.17, 15) is 24.4 Å². The smallest absolute Gasteiger partial charge is 0.271 e. The molecule has 0 spiro atoms. The number of aromatic nitrogens is 3. The normalized spacial score (nSPS) is 21.9. The average Bonchev–Trinajstić information content (AvgIpc) is 3.16. The summed E-state index contributed by atoms with van der Waals surface area (Å²) in [6, 6.07) is 11.3. The summed E-state index contributed by atoms with van der Waals surface area (Å²) >= 11 is 6.23. The molecule has 1 atom stereocenters. The molecule has 1 aromatic carbocycles. The Kier molecular flexibility index (Phi) is 12.1. The van der Waals surface area contributed by atoms with Crippen molar-refractivity contribution in [2.45, 2.75) is 84.4 Å². The van der Waals surface area contributed by atoms with E-state index in [0.29, 0.717) is 34.3 Å². The Balaban J connectivity index is 0.871. The van der Waals surface area contributed by atoms with Crippen molar-refractivity contribution in [2.75, 3.05) is 44.2 Å². The van der Waals surface area contributed by atoms with Crippen molar-refractivity contribution in [2.24, 2.45) is 10.8 Å². The van der Waals surface area contributed by atoms with Gasteiger partial charge in [-0.3, -0.25) is 29.4 Å². The summed E-state index contributed by atoms with van der Waals surface area (Å²) < 4.78 is 13.2. The number of rotatable bonds is 14. The Bertz CT molecular complexity index is 1970. The van der Waals surface area contributed by atoms with Gasteiger partial charge in [0.1, 0.15) is 35.5 Å². The van der Waals surface area contributed by atoms with Crippen LogP contribution in [0.5, 0.6) is 11.5 Å². The van der Waals surface area contributed by atoms with Crippen molar-refractivity contribution in [3.05, 3.63) is 75.3 Å². The van der Waals surface area contributed by atoms with E-state index in [1.165, 1.54) is 12.3 Å². The van der Waals surface area contributed by atoms with Gasteiger partial charge in [-0.2, -0.15) is 10.4 Å². The van der Waals surface area contributed by atoms with Crippen LogP contribution in [0.25, 0.3) is 0 Å². The van der Waals surface area contributed by atoms with E-state index < -0.39 is 17.5 Å². The number of hydrogen-bond donors (Lipinski definition) is 2. The molecule has 2 saturated heterocycles. The molecule has 15 heteroatoms. The van der Waals surface area contributed by atoms with Crippen molar-refractivity contribution < 1.29 is 23.9 Å². The van der Waals surface area contributed by atoms with Gasteiger partial charge < -0.3 is 19.7 Å². The second-order valence-corrected chi connectivity index (χ2v) is 16.1. The minimum absolute atomic E-state index is 0.143. The first-order valence-electron chi connectivity index (χ1n) is 18.9. The van der Waals surface area contributed by atoms with Crippen LogP contribution in [0.2, 0.25) is 5.02 Å². The number of hydrogen-bond acceptors (Lipinski definition) is 11. The van der Waals surface area contributed by atoms with Crippen LogP contribution in [-0.4, -0.2) is 88.9 Å². The Morgan fingerprint density at radius 2 is 1.73 bits per heavy atom. The van der Waals surface area contributed by atoms with E-state index in [1.807, 2.05) is 12.1 Å². The third-order valence-electron chi connectivity index (χ3n) is 11.1. The van der Waals surface area contributed by atoms with Crippen molar-refractivity contribution in [1.82, 2.24) is 30.3 Å². The fourth-order valence-corrected chi connectivity index (χ4v) is 8.54. The fourth-order valence-electron chi connectivity index (χ4n) is 8.33. The predicted octanol–water partition coefficient (Wildman–Crippen LogP) is 4.51. The van der Waals surface area contributed by atoms with Gasteiger partial charge in [0.2, 0.25) is 5.91 Å². The number of nitrogens with zero attached hydrogens (tertiary/aromatic N) is 6. The van der Waals surface area contributed by atoms with Crippen LogP contribution in [0, 0.1) is 22.2 Å². The summed E-state index contributed by atoms with van der Waals surface area (Å²) in [4.78, 5) is 58.7. The number of piperazine rings is 1. The molecule has 4 heterocycles. The molecule has 3 aromatic rings. The molecule has 55 heavy (non-hydrogen) atoms. The average molecular weight is 773 g/mol. The summed E-state index contributed by atoms with van der Waals surface area (Å²) in [7, 11) is 0. The van der Waals surface area contributed by atoms with Gasteiger partial charge in [-0.05, 0) is 50.1 Å². The number of imide groups is 1. The van der Waals surface area contributed by atoms with Gasteiger partial charge in [0, 0.05) is 67.8 Å². The summed E-state index contributed by atoms with van der Waals surface area (Å²) in [5.74, 6) is 0.796. The molecule has 2 aliphatic heterocycles. The second kappa shape index (κ2) is 16.8. The second-order valence-electron chi connectivity index (χ2n) is 15.7. The van der Waals surface area contributed by atoms with Gasteiger partial charge in [0.05, 0.1) is 29.0 Å². The van der Waals surface area contributed by atoms with Crippen LogP contribution in [0.15, 0.2) is 53.6 Å². The van der Waals surface area contributed by atoms with E-state index in [4.69, 9.17) is 21.1 Å². The maximum Gasteiger partial charge on any atom is 0.271 e. The summed E-state index contributed by atoms with van der Waals surface area (Å²) in [5.41, 5.74) is -0.252. The van der Waals surface area contributed by atoms with Crippen molar-refractivity contribution in [1.29, 1.82) is 5.26 Å². The minimum atomic E-state index is -0.786. The number of carbonyl (C=O) groups excluding carboxylic acids is 3. The highest BCUT2D eigenvalue weighted by molar-refractivity contribution is 6.31. The lowest BCUT2D eigenvalue weighted by atomic mass is 9.49. The first-order valence-corrected chi connectivity index (χ1v) is 19.3. The molecule has 3 aliphatic rings. The Morgan fingerprint density at radius 1 is 0.982 bits per heavy atom. The van der Waals surface area contributed by atoms with Crippen LogP contribution >= 0.6 is 11.6 Å². The standard InChI is InChI=1S/C40H49ClN8O6/c1-39(2)37(40(3,4)38(39)55-28-11-9-26(23-42)30(41)21-28)46-35(52)27-10-13-32(43-24-27)48-18-16-47(17-19-48)15-7-5-6-8-20-54-29-22-34(51)49(44-25-29)31-12-14-33(50)45-36(31)53/h9-11,13,21-22,24-25,31,37-38H,5-8,12,14-20H2,1-4H3,(H,46,52)(H,45,50,53)/t31-,37?,38?/m1/s1.